The van der Waals surface area contributed by atoms with Crippen LogP contribution in [0.25, 0.3) is 10.9 Å². The highest BCUT2D eigenvalue weighted by molar-refractivity contribution is 5.84. The number of carbonyl (C=O) groups is 1. The molecule has 0 aliphatic heterocycles. The maximum absolute atomic E-state index is 11.6. The third-order valence-corrected chi connectivity index (χ3v) is 2.83. The molecule has 2 aromatic rings. The monoisotopic (exact) mass is 242 g/mol. The molecule has 0 saturated carbocycles. The molecule has 0 aliphatic carbocycles. The minimum atomic E-state index is -0.746. The molecule has 0 spiro atoms. The summed E-state index contributed by atoms with van der Waals surface area (Å²) in [5, 5.41) is 10.1. The Balaban J connectivity index is 2.22. The molecule has 0 saturated heterocycles. The van der Waals surface area contributed by atoms with Crippen molar-refractivity contribution in [2.45, 2.75) is 13.3 Å². The summed E-state index contributed by atoms with van der Waals surface area (Å²) in [6.07, 6.45) is 2.22. The number of esters is 1. The molecule has 18 heavy (non-hydrogen) atoms. The predicted molar refractivity (Wildman–Crippen MR) is 67.7 cm³/mol. The molecule has 0 radical (unpaired) electrons. The van der Waals surface area contributed by atoms with Gasteiger partial charge >= 0.3 is 5.97 Å². The fourth-order valence-electron chi connectivity index (χ4n) is 1.94. The van der Waals surface area contributed by atoms with Gasteiger partial charge in [-0.3, -0.25) is 4.79 Å². The summed E-state index contributed by atoms with van der Waals surface area (Å²) in [6.45, 7) is 2.03. The van der Waals surface area contributed by atoms with Crippen molar-refractivity contribution in [1.82, 2.24) is 4.98 Å². The van der Waals surface area contributed by atoms with E-state index in [1.165, 1.54) is 0 Å². The van der Waals surface area contributed by atoms with Gasteiger partial charge < -0.3 is 9.72 Å². The van der Waals surface area contributed by atoms with Crippen LogP contribution in [-0.2, 0) is 16.0 Å². The van der Waals surface area contributed by atoms with Gasteiger partial charge in [0.15, 0.2) is 0 Å². The molecule has 0 bridgehead atoms. The Hall–Kier alpha value is -2.28. The first-order chi connectivity index (χ1) is 8.76. The van der Waals surface area contributed by atoms with Crippen molar-refractivity contribution in [1.29, 1.82) is 5.26 Å². The lowest BCUT2D eigenvalue weighted by Crippen LogP contribution is -2.18. The Kier molecular flexibility index (Phi) is 3.63. The number of H-pyrrole nitrogens is 1. The van der Waals surface area contributed by atoms with Gasteiger partial charge in [0.25, 0.3) is 0 Å². The second kappa shape index (κ2) is 5.37. The quantitative estimate of drug-likeness (QED) is 0.837. The summed E-state index contributed by atoms with van der Waals surface area (Å²) < 4.78 is 4.88. The van der Waals surface area contributed by atoms with Crippen LogP contribution >= 0.6 is 0 Å². The van der Waals surface area contributed by atoms with E-state index < -0.39 is 11.9 Å². The summed E-state index contributed by atoms with van der Waals surface area (Å²) in [5.41, 5.74) is 1.97. The van der Waals surface area contributed by atoms with Crippen LogP contribution in [0.2, 0.25) is 0 Å². The second-order valence-corrected chi connectivity index (χ2v) is 4.00. The minimum Gasteiger partial charge on any atom is -0.465 e. The van der Waals surface area contributed by atoms with Crippen LogP contribution in [-0.4, -0.2) is 17.6 Å². The molecule has 1 atom stereocenters. The Labute approximate surface area is 105 Å². The molecule has 0 aliphatic rings. The smallest absolute Gasteiger partial charge is 0.323 e. The summed E-state index contributed by atoms with van der Waals surface area (Å²) in [5.74, 6) is -1.20. The van der Waals surface area contributed by atoms with Crippen molar-refractivity contribution in [2.75, 3.05) is 6.61 Å². The predicted octanol–water partition coefficient (Wildman–Crippen LogP) is 2.41. The number of rotatable bonds is 4. The molecule has 2 rings (SSSR count). The van der Waals surface area contributed by atoms with Crippen molar-refractivity contribution in [3.8, 4) is 6.07 Å². The largest absolute Gasteiger partial charge is 0.465 e. The van der Waals surface area contributed by atoms with E-state index in [1.807, 2.05) is 36.5 Å². The molecule has 1 heterocycles. The molecule has 92 valence electrons. The van der Waals surface area contributed by atoms with Crippen LogP contribution < -0.4 is 0 Å². The lowest BCUT2D eigenvalue weighted by atomic mass is 10.0. The number of benzene rings is 1. The van der Waals surface area contributed by atoms with Gasteiger partial charge in [-0.1, -0.05) is 18.2 Å². The van der Waals surface area contributed by atoms with Gasteiger partial charge in [0, 0.05) is 23.5 Å². The van der Waals surface area contributed by atoms with Crippen LogP contribution in [0.5, 0.6) is 0 Å². The molecular weight excluding hydrogens is 228 g/mol. The van der Waals surface area contributed by atoms with Crippen molar-refractivity contribution in [3.05, 3.63) is 36.0 Å². The molecule has 1 aromatic carbocycles. The van der Waals surface area contributed by atoms with Gasteiger partial charge in [0.05, 0.1) is 12.7 Å². The number of fused-ring (bicyclic) bond motifs is 1. The van der Waals surface area contributed by atoms with Crippen LogP contribution in [0.1, 0.15) is 12.5 Å². The number of para-hydroxylation sites is 1. The van der Waals surface area contributed by atoms with Gasteiger partial charge in [-0.05, 0) is 18.6 Å². The van der Waals surface area contributed by atoms with Crippen LogP contribution in [0.4, 0.5) is 0 Å². The highest BCUT2D eigenvalue weighted by atomic mass is 16.5. The lowest BCUT2D eigenvalue weighted by Gasteiger charge is -2.07. The first-order valence-electron chi connectivity index (χ1n) is 5.87. The molecule has 4 nitrogen and oxygen atoms in total. The molecule has 4 heteroatoms. The van der Waals surface area contributed by atoms with E-state index in [0.29, 0.717) is 13.0 Å². The zero-order valence-electron chi connectivity index (χ0n) is 10.1. The van der Waals surface area contributed by atoms with Crippen LogP contribution in [0.3, 0.4) is 0 Å². The number of aromatic amines is 1. The van der Waals surface area contributed by atoms with Crippen molar-refractivity contribution < 1.29 is 9.53 Å². The molecular formula is C14H14N2O2. The number of nitriles is 1. The van der Waals surface area contributed by atoms with Crippen molar-refractivity contribution in [2.24, 2.45) is 5.92 Å². The van der Waals surface area contributed by atoms with Crippen molar-refractivity contribution in [3.63, 3.8) is 0 Å². The SMILES string of the molecule is CCOC(=O)C(C#N)Cc1c[nH]c2ccccc12. The highest BCUT2D eigenvalue weighted by Crippen LogP contribution is 2.21. The minimum absolute atomic E-state index is 0.297. The number of hydrogen-bond acceptors (Lipinski definition) is 3. The Morgan fingerprint density at radius 2 is 2.28 bits per heavy atom. The third-order valence-electron chi connectivity index (χ3n) is 2.83. The van der Waals surface area contributed by atoms with E-state index in [1.54, 1.807) is 6.92 Å². The first kappa shape index (κ1) is 12.2. The molecule has 0 amide bonds. The average molecular weight is 242 g/mol. The lowest BCUT2D eigenvalue weighted by molar-refractivity contribution is -0.145. The zero-order chi connectivity index (χ0) is 13.0. The normalized spacial score (nSPS) is 12.0. The Morgan fingerprint density at radius 3 is 3.00 bits per heavy atom. The number of nitrogens with one attached hydrogen (secondary N) is 1. The number of hydrogen-bond donors (Lipinski definition) is 1. The second-order valence-electron chi connectivity index (χ2n) is 4.00. The first-order valence-corrected chi connectivity index (χ1v) is 5.87. The van der Waals surface area contributed by atoms with Gasteiger partial charge in [0.1, 0.15) is 5.92 Å². The Morgan fingerprint density at radius 1 is 1.50 bits per heavy atom. The number of carbonyl (C=O) groups excluding carboxylic acids is 1. The Bertz CT molecular complexity index is 595. The van der Waals surface area contributed by atoms with Gasteiger partial charge in [-0.2, -0.15) is 5.26 Å². The molecule has 1 N–H and O–H groups in total. The summed E-state index contributed by atoms with van der Waals surface area (Å²) in [7, 11) is 0. The van der Waals surface area contributed by atoms with Gasteiger partial charge in [0.2, 0.25) is 0 Å². The summed E-state index contributed by atoms with van der Waals surface area (Å²) >= 11 is 0. The maximum Gasteiger partial charge on any atom is 0.323 e. The number of aromatic nitrogens is 1. The number of nitrogens with zero attached hydrogens (tertiary/aromatic N) is 1. The van der Waals surface area contributed by atoms with E-state index in [9.17, 15) is 4.79 Å². The average Bonchev–Trinajstić information content (AvgIpc) is 2.79. The van der Waals surface area contributed by atoms with Crippen LogP contribution in [0, 0.1) is 17.2 Å². The van der Waals surface area contributed by atoms with Gasteiger partial charge in [-0.25, -0.2) is 0 Å². The fraction of sp³-hybridized carbons (Fsp3) is 0.286. The van der Waals surface area contributed by atoms with E-state index in [-0.39, 0.29) is 0 Å². The highest BCUT2D eigenvalue weighted by Gasteiger charge is 2.21. The van der Waals surface area contributed by atoms with Gasteiger partial charge in [-0.15, -0.1) is 0 Å². The van der Waals surface area contributed by atoms with E-state index in [0.717, 1.165) is 16.5 Å². The maximum atomic E-state index is 11.6. The van der Waals surface area contributed by atoms with Crippen LogP contribution in [0.15, 0.2) is 30.5 Å². The topological polar surface area (TPSA) is 65.9 Å². The third kappa shape index (κ3) is 2.35. The molecule has 0 fully saturated rings. The summed E-state index contributed by atoms with van der Waals surface area (Å²) in [6, 6.07) is 9.81. The zero-order valence-corrected chi connectivity index (χ0v) is 10.1. The molecule has 1 unspecified atom stereocenters. The number of ether oxygens (including phenoxy) is 1. The fourth-order valence-corrected chi connectivity index (χ4v) is 1.94. The standard InChI is InChI=1S/C14H14N2O2/c1-2-18-14(17)10(8-15)7-11-9-16-13-6-4-3-5-12(11)13/h3-6,9-10,16H,2,7H2,1H3. The van der Waals surface area contributed by atoms with E-state index in [4.69, 9.17) is 10.00 Å². The molecule has 1 aromatic heterocycles. The summed E-state index contributed by atoms with van der Waals surface area (Å²) in [4.78, 5) is 14.7. The van der Waals surface area contributed by atoms with Crippen molar-refractivity contribution >= 4 is 16.9 Å². The van der Waals surface area contributed by atoms with E-state index >= 15 is 0 Å². The van der Waals surface area contributed by atoms with E-state index in [2.05, 4.69) is 4.98 Å².